The minimum Gasteiger partial charge on any atom is -0.338 e. The molecule has 1 aliphatic carbocycles. The van der Waals surface area contributed by atoms with Gasteiger partial charge in [-0.15, -0.1) is 0 Å². The van der Waals surface area contributed by atoms with Crippen LogP contribution in [0.5, 0.6) is 0 Å². The van der Waals surface area contributed by atoms with E-state index >= 15 is 0 Å². The van der Waals surface area contributed by atoms with Crippen molar-refractivity contribution >= 4 is 5.91 Å². The Morgan fingerprint density at radius 3 is 2.39 bits per heavy atom. The Balaban J connectivity index is 1.91. The lowest BCUT2D eigenvalue weighted by Crippen LogP contribution is -2.43. The van der Waals surface area contributed by atoms with Crippen molar-refractivity contribution in [2.75, 3.05) is 20.1 Å². The lowest BCUT2D eigenvalue weighted by Gasteiger charge is -2.29. The van der Waals surface area contributed by atoms with Crippen LogP contribution in [0.15, 0.2) is 0 Å². The number of rotatable bonds is 3. The molecule has 0 bridgehead atoms. The van der Waals surface area contributed by atoms with Crippen molar-refractivity contribution in [3.05, 3.63) is 0 Å². The molecule has 1 heterocycles. The summed E-state index contributed by atoms with van der Waals surface area (Å²) in [4.78, 5) is 14.8. The zero-order valence-electron chi connectivity index (χ0n) is 11.8. The highest BCUT2D eigenvalue weighted by atomic mass is 16.2. The minimum atomic E-state index is 0.322. The maximum atomic E-state index is 12.6. The number of nitrogens with one attached hydrogen (secondary N) is 1. The number of likely N-dealkylation sites (N-methyl/N-ethyl adjacent to an activating group) is 1. The fraction of sp³-hybridized carbons (Fsp3) is 0.933. The minimum absolute atomic E-state index is 0.322. The molecule has 2 rings (SSSR count). The fourth-order valence-electron chi connectivity index (χ4n) is 3.51. The summed E-state index contributed by atoms with van der Waals surface area (Å²) in [6.07, 6.45) is 11.1. The lowest BCUT2D eigenvalue weighted by atomic mass is 9.90. The van der Waals surface area contributed by atoms with Crippen LogP contribution in [0.1, 0.15) is 57.8 Å². The summed E-state index contributed by atoms with van der Waals surface area (Å²) in [6, 6.07) is 0.452. The third-order valence-electron chi connectivity index (χ3n) is 4.55. The predicted octanol–water partition coefficient (Wildman–Crippen LogP) is 2.56. The summed E-state index contributed by atoms with van der Waals surface area (Å²) in [7, 11) is 1.98. The molecule has 0 aromatic rings. The van der Waals surface area contributed by atoms with Gasteiger partial charge in [0.1, 0.15) is 0 Å². The van der Waals surface area contributed by atoms with E-state index in [1.807, 2.05) is 7.05 Å². The van der Waals surface area contributed by atoms with Crippen molar-refractivity contribution < 1.29 is 4.79 Å². The standard InChI is InChI=1S/C15H28N2O/c1-16-12-14-10-7-11-17(14)15(18)13-8-5-3-2-4-6-9-13/h13-14,16H,2-12H2,1H3. The molecule has 1 N–H and O–H groups in total. The van der Waals surface area contributed by atoms with Crippen LogP contribution in [0, 0.1) is 5.92 Å². The van der Waals surface area contributed by atoms with Crippen molar-refractivity contribution in [2.24, 2.45) is 5.92 Å². The molecular weight excluding hydrogens is 224 g/mol. The molecule has 104 valence electrons. The summed E-state index contributed by atoms with van der Waals surface area (Å²) >= 11 is 0. The summed E-state index contributed by atoms with van der Waals surface area (Å²) in [5.41, 5.74) is 0. The zero-order chi connectivity index (χ0) is 12.8. The van der Waals surface area contributed by atoms with E-state index in [2.05, 4.69) is 10.2 Å². The second kappa shape index (κ2) is 7.13. The quantitative estimate of drug-likeness (QED) is 0.837. The Bertz CT molecular complexity index is 259. The van der Waals surface area contributed by atoms with Crippen LogP contribution >= 0.6 is 0 Å². The van der Waals surface area contributed by atoms with E-state index in [1.54, 1.807) is 0 Å². The molecule has 1 atom stereocenters. The number of carbonyl (C=O) groups is 1. The normalized spacial score (nSPS) is 26.9. The smallest absolute Gasteiger partial charge is 0.225 e. The Labute approximate surface area is 111 Å². The molecule has 1 aliphatic heterocycles. The van der Waals surface area contributed by atoms with Crippen molar-refractivity contribution in [2.45, 2.75) is 63.8 Å². The maximum Gasteiger partial charge on any atom is 0.225 e. The van der Waals surface area contributed by atoms with E-state index in [1.165, 1.54) is 44.9 Å². The fourth-order valence-corrected chi connectivity index (χ4v) is 3.51. The van der Waals surface area contributed by atoms with Gasteiger partial charge in [-0.25, -0.2) is 0 Å². The van der Waals surface area contributed by atoms with Crippen LogP contribution in [0.25, 0.3) is 0 Å². The first kappa shape index (κ1) is 13.9. The molecule has 3 heteroatoms. The summed E-state index contributed by atoms with van der Waals surface area (Å²) in [5.74, 6) is 0.775. The monoisotopic (exact) mass is 252 g/mol. The average Bonchev–Trinajstić information content (AvgIpc) is 2.76. The molecule has 3 nitrogen and oxygen atoms in total. The van der Waals surface area contributed by atoms with Crippen LogP contribution in [0.2, 0.25) is 0 Å². The molecule has 0 aromatic heterocycles. The third-order valence-corrected chi connectivity index (χ3v) is 4.55. The van der Waals surface area contributed by atoms with Gasteiger partial charge < -0.3 is 10.2 Å². The summed E-state index contributed by atoms with van der Waals surface area (Å²) in [5, 5.41) is 3.23. The first-order valence-corrected chi connectivity index (χ1v) is 7.78. The second-order valence-electron chi connectivity index (χ2n) is 5.93. The molecular formula is C15H28N2O. The van der Waals surface area contributed by atoms with Gasteiger partial charge in [-0.1, -0.05) is 32.1 Å². The Kier molecular flexibility index (Phi) is 5.48. The van der Waals surface area contributed by atoms with Crippen LogP contribution < -0.4 is 5.32 Å². The average molecular weight is 252 g/mol. The summed E-state index contributed by atoms with van der Waals surface area (Å²) < 4.78 is 0. The number of likely N-dealkylation sites (tertiary alicyclic amines) is 1. The van der Waals surface area contributed by atoms with Crippen molar-refractivity contribution in [3.8, 4) is 0 Å². The van der Waals surface area contributed by atoms with Crippen molar-refractivity contribution in [1.29, 1.82) is 0 Å². The Morgan fingerprint density at radius 1 is 1.06 bits per heavy atom. The van der Waals surface area contributed by atoms with Crippen LogP contribution in [0.3, 0.4) is 0 Å². The van der Waals surface area contributed by atoms with E-state index in [9.17, 15) is 4.79 Å². The highest BCUT2D eigenvalue weighted by Crippen LogP contribution is 2.27. The molecule has 1 saturated heterocycles. The maximum absolute atomic E-state index is 12.6. The van der Waals surface area contributed by atoms with Gasteiger partial charge in [0.15, 0.2) is 0 Å². The molecule has 1 amide bonds. The number of amides is 1. The van der Waals surface area contributed by atoms with Gasteiger partial charge in [0, 0.05) is 25.0 Å². The zero-order valence-corrected chi connectivity index (χ0v) is 11.8. The van der Waals surface area contributed by atoms with Gasteiger partial charge in [-0.3, -0.25) is 4.79 Å². The van der Waals surface area contributed by atoms with E-state index in [4.69, 9.17) is 0 Å². The van der Waals surface area contributed by atoms with Crippen LogP contribution in [0.4, 0.5) is 0 Å². The van der Waals surface area contributed by atoms with Gasteiger partial charge in [0.25, 0.3) is 0 Å². The Morgan fingerprint density at radius 2 is 1.72 bits per heavy atom. The van der Waals surface area contributed by atoms with E-state index in [0.29, 0.717) is 17.9 Å². The number of hydrogen-bond acceptors (Lipinski definition) is 2. The van der Waals surface area contributed by atoms with Crippen molar-refractivity contribution in [3.63, 3.8) is 0 Å². The van der Waals surface area contributed by atoms with Gasteiger partial charge in [-0.05, 0) is 32.7 Å². The van der Waals surface area contributed by atoms with Gasteiger partial charge in [-0.2, -0.15) is 0 Å². The van der Waals surface area contributed by atoms with Gasteiger partial charge in [0.2, 0.25) is 5.91 Å². The van der Waals surface area contributed by atoms with Crippen LogP contribution in [-0.4, -0.2) is 37.0 Å². The van der Waals surface area contributed by atoms with Gasteiger partial charge >= 0.3 is 0 Å². The molecule has 18 heavy (non-hydrogen) atoms. The molecule has 0 radical (unpaired) electrons. The topological polar surface area (TPSA) is 32.3 Å². The highest BCUT2D eigenvalue weighted by Gasteiger charge is 2.32. The molecule has 1 saturated carbocycles. The van der Waals surface area contributed by atoms with Crippen LogP contribution in [-0.2, 0) is 4.79 Å². The largest absolute Gasteiger partial charge is 0.338 e. The molecule has 0 spiro atoms. The third kappa shape index (κ3) is 3.47. The first-order valence-electron chi connectivity index (χ1n) is 7.78. The molecule has 1 unspecified atom stereocenters. The SMILES string of the molecule is CNCC1CCCN1C(=O)C1CCCCCCC1. The van der Waals surface area contributed by atoms with E-state index in [0.717, 1.165) is 25.9 Å². The number of carbonyl (C=O) groups excluding carboxylic acids is 1. The Hall–Kier alpha value is -0.570. The molecule has 2 aliphatic rings. The molecule has 0 aromatic carbocycles. The van der Waals surface area contributed by atoms with Gasteiger partial charge in [0.05, 0.1) is 0 Å². The number of hydrogen-bond donors (Lipinski definition) is 1. The lowest BCUT2D eigenvalue weighted by molar-refractivity contribution is -0.137. The molecule has 2 fully saturated rings. The predicted molar refractivity (Wildman–Crippen MR) is 74.5 cm³/mol. The second-order valence-corrected chi connectivity index (χ2v) is 5.93. The van der Waals surface area contributed by atoms with E-state index in [-0.39, 0.29) is 0 Å². The number of nitrogens with zero attached hydrogens (tertiary/aromatic N) is 1. The first-order chi connectivity index (χ1) is 8.83. The van der Waals surface area contributed by atoms with Crippen molar-refractivity contribution in [1.82, 2.24) is 10.2 Å². The van der Waals surface area contributed by atoms with E-state index < -0.39 is 0 Å². The summed E-state index contributed by atoms with van der Waals surface area (Å²) in [6.45, 7) is 1.94. The highest BCUT2D eigenvalue weighted by molar-refractivity contribution is 5.79.